The number of nitrogens with one attached hydrogen (secondary N) is 1. The van der Waals surface area contributed by atoms with E-state index < -0.39 is 11.7 Å². The number of aliphatic hydroxyl groups is 4. The topological polar surface area (TPSA) is 119 Å². The van der Waals surface area contributed by atoms with Crippen molar-refractivity contribution in [2.75, 3.05) is 13.1 Å². The minimum Gasteiger partial charge on any atom is -0.360 e. The molecule has 0 amide bonds. The maximum absolute atomic E-state index is 9.05. The normalized spacial score (nSPS) is 13.4. The summed E-state index contributed by atoms with van der Waals surface area (Å²) in [5.74, 6) is -5.64. The lowest BCUT2D eigenvalue weighted by atomic mass is 10.1. The molecule has 0 saturated heterocycles. The van der Waals surface area contributed by atoms with Crippen molar-refractivity contribution in [1.82, 2.24) is 5.32 Å². The Hall–Kier alpha value is -0.240. The number of hydrogen-bond donors (Lipinski definition) is 6. The molecule has 0 saturated carbocycles. The first kappa shape index (κ1) is 12.8. The fourth-order valence-corrected chi connectivity index (χ4v) is 0.821. The van der Waals surface area contributed by atoms with Crippen molar-refractivity contribution in [3.05, 3.63) is 0 Å². The molecule has 0 bridgehead atoms. The molecule has 13 heavy (non-hydrogen) atoms. The van der Waals surface area contributed by atoms with Crippen LogP contribution in [-0.2, 0) is 0 Å². The molecular formula is C7H18N2O4. The average Bonchev–Trinajstić information content (AvgIpc) is 1.96. The van der Waals surface area contributed by atoms with E-state index in [2.05, 4.69) is 5.32 Å². The van der Waals surface area contributed by atoms with Crippen molar-refractivity contribution in [2.45, 2.75) is 31.5 Å². The fourth-order valence-electron chi connectivity index (χ4n) is 0.821. The second-order valence-electron chi connectivity index (χ2n) is 3.00. The van der Waals surface area contributed by atoms with Crippen molar-refractivity contribution in [3.63, 3.8) is 0 Å². The maximum Gasteiger partial charge on any atom is 0.276 e. The minimum atomic E-state index is -2.97. The molecule has 0 aliphatic carbocycles. The predicted molar refractivity (Wildman–Crippen MR) is 46.3 cm³/mol. The van der Waals surface area contributed by atoms with E-state index in [1.807, 2.05) is 6.92 Å². The highest BCUT2D eigenvalue weighted by Crippen LogP contribution is 2.17. The average molecular weight is 194 g/mol. The van der Waals surface area contributed by atoms with Crippen LogP contribution in [0, 0.1) is 0 Å². The highest BCUT2D eigenvalue weighted by atomic mass is 16.6. The third kappa shape index (κ3) is 4.51. The summed E-state index contributed by atoms with van der Waals surface area (Å²) in [6.07, 6.45) is 0.185. The van der Waals surface area contributed by atoms with Crippen LogP contribution >= 0.6 is 0 Å². The summed E-state index contributed by atoms with van der Waals surface area (Å²) in [5.41, 5.74) is 4.72. The van der Waals surface area contributed by atoms with E-state index in [0.29, 0.717) is 13.0 Å². The van der Waals surface area contributed by atoms with Crippen LogP contribution in [0.4, 0.5) is 0 Å². The third-order valence-electron chi connectivity index (χ3n) is 1.72. The maximum atomic E-state index is 9.05. The van der Waals surface area contributed by atoms with E-state index in [1.54, 1.807) is 0 Å². The Morgan fingerprint density at radius 1 is 1.23 bits per heavy atom. The zero-order chi connectivity index (χ0) is 10.5. The lowest BCUT2D eigenvalue weighted by Gasteiger charge is -2.31. The number of rotatable bonds is 6. The Morgan fingerprint density at radius 2 is 1.77 bits per heavy atom. The van der Waals surface area contributed by atoms with Gasteiger partial charge in [-0.05, 0) is 19.5 Å². The molecule has 0 aromatic rings. The van der Waals surface area contributed by atoms with E-state index in [0.717, 1.165) is 6.54 Å². The first-order valence-corrected chi connectivity index (χ1v) is 4.20. The van der Waals surface area contributed by atoms with Gasteiger partial charge in [0.25, 0.3) is 5.91 Å². The van der Waals surface area contributed by atoms with Gasteiger partial charge in [-0.2, -0.15) is 0 Å². The van der Waals surface area contributed by atoms with Crippen LogP contribution in [0.1, 0.15) is 19.8 Å². The molecule has 0 heterocycles. The van der Waals surface area contributed by atoms with E-state index in [9.17, 15) is 0 Å². The lowest BCUT2D eigenvalue weighted by Crippen LogP contribution is -2.61. The summed E-state index contributed by atoms with van der Waals surface area (Å²) in [5, 5.41) is 38.5. The molecule has 0 aliphatic heterocycles. The van der Waals surface area contributed by atoms with Gasteiger partial charge in [0.2, 0.25) is 5.79 Å². The molecule has 0 unspecified atom stereocenters. The van der Waals surface area contributed by atoms with Gasteiger partial charge in [-0.3, -0.25) is 5.73 Å². The summed E-state index contributed by atoms with van der Waals surface area (Å²) in [4.78, 5) is 0. The van der Waals surface area contributed by atoms with Gasteiger partial charge in [-0.1, -0.05) is 6.92 Å². The van der Waals surface area contributed by atoms with Gasteiger partial charge in [-0.15, -0.1) is 0 Å². The summed E-state index contributed by atoms with van der Waals surface area (Å²) in [6, 6.07) is 0. The zero-order valence-corrected chi connectivity index (χ0v) is 7.69. The highest BCUT2D eigenvalue weighted by molar-refractivity contribution is 4.76. The van der Waals surface area contributed by atoms with Gasteiger partial charge in [0.1, 0.15) is 0 Å². The second kappa shape index (κ2) is 4.85. The van der Waals surface area contributed by atoms with Gasteiger partial charge in [-0.25, -0.2) is 0 Å². The Balaban J connectivity index is 3.77. The number of hydrogen-bond acceptors (Lipinski definition) is 6. The standard InChI is InChI=1S/C7H18N2O4/c1-2-9-5-3-4-6(10,11)7(8,12)13/h9-13H,2-5,8H2,1H3. The first-order valence-electron chi connectivity index (χ1n) is 4.20. The van der Waals surface area contributed by atoms with Gasteiger partial charge in [0.05, 0.1) is 0 Å². The molecule has 0 aliphatic rings. The minimum absolute atomic E-state index is 0.205. The Morgan fingerprint density at radius 3 is 2.15 bits per heavy atom. The summed E-state index contributed by atoms with van der Waals surface area (Å²) in [6.45, 7) is 3.25. The van der Waals surface area contributed by atoms with Crippen LogP contribution in [0.2, 0.25) is 0 Å². The molecule has 7 N–H and O–H groups in total. The van der Waals surface area contributed by atoms with Gasteiger partial charge in [0, 0.05) is 6.42 Å². The van der Waals surface area contributed by atoms with Crippen LogP contribution in [0.25, 0.3) is 0 Å². The molecular weight excluding hydrogens is 176 g/mol. The van der Waals surface area contributed by atoms with Crippen molar-refractivity contribution in [2.24, 2.45) is 5.73 Å². The highest BCUT2D eigenvalue weighted by Gasteiger charge is 2.43. The van der Waals surface area contributed by atoms with Crippen LogP contribution < -0.4 is 11.1 Å². The molecule has 6 heteroatoms. The van der Waals surface area contributed by atoms with Crippen LogP contribution in [0.5, 0.6) is 0 Å². The first-order chi connectivity index (χ1) is 5.81. The van der Waals surface area contributed by atoms with Gasteiger partial charge >= 0.3 is 0 Å². The van der Waals surface area contributed by atoms with Crippen LogP contribution in [0.3, 0.4) is 0 Å². The smallest absolute Gasteiger partial charge is 0.276 e. The van der Waals surface area contributed by atoms with E-state index in [-0.39, 0.29) is 6.42 Å². The molecule has 0 aromatic heterocycles. The quantitative estimate of drug-likeness (QED) is 0.208. The molecule has 6 nitrogen and oxygen atoms in total. The summed E-state index contributed by atoms with van der Waals surface area (Å²) >= 11 is 0. The largest absolute Gasteiger partial charge is 0.360 e. The van der Waals surface area contributed by atoms with Crippen molar-refractivity contribution >= 4 is 0 Å². The Bertz CT molecular complexity index is 144. The molecule has 0 aromatic carbocycles. The van der Waals surface area contributed by atoms with Gasteiger partial charge in [0.15, 0.2) is 0 Å². The zero-order valence-electron chi connectivity index (χ0n) is 7.69. The fraction of sp³-hybridized carbons (Fsp3) is 1.00. The van der Waals surface area contributed by atoms with E-state index in [4.69, 9.17) is 26.2 Å². The van der Waals surface area contributed by atoms with Crippen LogP contribution in [0.15, 0.2) is 0 Å². The lowest BCUT2D eigenvalue weighted by molar-refractivity contribution is -0.356. The Kier molecular flexibility index (Phi) is 4.76. The van der Waals surface area contributed by atoms with Crippen molar-refractivity contribution in [3.8, 4) is 0 Å². The SMILES string of the molecule is CCNCCCC(O)(O)C(N)(O)O. The monoisotopic (exact) mass is 194 g/mol. The Labute approximate surface area is 77.0 Å². The van der Waals surface area contributed by atoms with Crippen LogP contribution in [-0.4, -0.2) is 45.2 Å². The van der Waals surface area contributed by atoms with E-state index in [1.165, 1.54) is 0 Å². The van der Waals surface area contributed by atoms with Gasteiger partial charge < -0.3 is 25.7 Å². The summed E-state index contributed by atoms with van der Waals surface area (Å²) < 4.78 is 0. The molecule has 80 valence electrons. The molecule has 0 radical (unpaired) electrons. The predicted octanol–water partition coefficient (Wildman–Crippen LogP) is -2.35. The summed E-state index contributed by atoms with van der Waals surface area (Å²) in [7, 11) is 0. The van der Waals surface area contributed by atoms with Crippen molar-refractivity contribution < 1.29 is 20.4 Å². The third-order valence-corrected chi connectivity index (χ3v) is 1.72. The van der Waals surface area contributed by atoms with Crippen molar-refractivity contribution in [1.29, 1.82) is 0 Å². The molecule has 0 fully saturated rings. The molecule has 0 rings (SSSR count). The molecule has 0 atom stereocenters. The second-order valence-corrected chi connectivity index (χ2v) is 3.00. The number of nitrogens with two attached hydrogens (primary N) is 1. The molecule has 0 spiro atoms. The van der Waals surface area contributed by atoms with E-state index >= 15 is 0 Å².